The zero-order valence-electron chi connectivity index (χ0n) is 10.7. The second kappa shape index (κ2) is 5.46. The fourth-order valence-corrected chi connectivity index (χ4v) is 2.46. The molecule has 0 saturated carbocycles. The van der Waals surface area contributed by atoms with Crippen molar-refractivity contribution in [2.45, 2.75) is 45.6 Å². The monoisotopic (exact) mass is 232 g/mol. The maximum absolute atomic E-state index is 12.0. The van der Waals surface area contributed by atoms with E-state index in [0.29, 0.717) is 18.6 Å². The number of benzene rings is 1. The van der Waals surface area contributed by atoms with Gasteiger partial charge in [0.25, 0.3) is 0 Å². The lowest BCUT2D eigenvalue weighted by molar-refractivity contribution is -0.120. The lowest BCUT2D eigenvalue weighted by Gasteiger charge is -2.11. The quantitative estimate of drug-likeness (QED) is 0.797. The number of ketones is 1. The summed E-state index contributed by atoms with van der Waals surface area (Å²) in [4.78, 5) is 12.0. The van der Waals surface area contributed by atoms with E-state index in [1.165, 1.54) is 16.7 Å². The number of hydrogen-bond donors (Lipinski definition) is 0. The molecule has 0 spiro atoms. The van der Waals surface area contributed by atoms with Crippen LogP contribution in [0.2, 0.25) is 0 Å². The number of hydrogen-bond acceptors (Lipinski definition) is 2. The van der Waals surface area contributed by atoms with Gasteiger partial charge in [0.05, 0.1) is 6.10 Å². The molecule has 1 aromatic rings. The SMILES string of the molecule is Cc1cccc(C)c1CC(=O)CC1CCCO1. The zero-order chi connectivity index (χ0) is 12.3. The van der Waals surface area contributed by atoms with E-state index in [0.717, 1.165) is 19.4 Å². The van der Waals surface area contributed by atoms with Crippen molar-refractivity contribution in [3.63, 3.8) is 0 Å². The van der Waals surface area contributed by atoms with E-state index in [9.17, 15) is 4.79 Å². The maximum Gasteiger partial charge on any atom is 0.139 e. The molecule has 0 N–H and O–H groups in total. The molecule has 1 aromatic carbocycles. The van der Waals surface area contributed by atoms with E-state index in [1.54, 1.807) is 0 Å². The van der Waals surface area contributed by atoms with Crippen LogP contribution in [0.3, 0.4) is 0 Å². The van der Waals surface area contributed by atoms with Crippen LogP contribution in [-0.2, 0) is 16.0 Å². The molecule has 92 valence electrons. The summed E-state index contributed by atoms with van der Waals surface area (Å²) in [6, 6.07) is 6.18. The molecule has 1 unspecified atom stereocenters. The molecule has 1 atom stereocenters. The lowest BCUT2D eigenvalue weighted by atomic mass is 9.96. The van der Waals surface area contributed by atoms with Crippen LogP contribution in [0.5, 0.6) is 0 Å². The first-order valence-corrected chi connectivity index (χ1v) is 6.35. The first-order valence-electron chi connectivity index (χ1n) is 6.35. The summed E-state index contributed by atoms with van der Waals surface area (Å²) in [6.07, 6.45) is 3.44. The van der Waals surface area contributed by atoms with Gasteiger partial charge >= 0.3 is 0 Å². The summed E-state index contributed by atoms with van der Waals surface area (Å²) in [7, 11) is 0. The summed E-state index contributed by atoms with van der Waals surface area (Å²) in [6.45, 7) is 4.96. The Morgan fingerprint density at radius 3 is 2.65 bits per heavy atom. The van der Waals surface area contributed by atoms with Gasteiger partial charge in [-0.2, -0.15) is 0 Å². The van der Waals surface area contributed by atoms with Crippen LogP contribution in [0.25, 0.3) is 0 Å². The molecule has 0 bridgehead atoms. The van der Waals surface area contributed by atoms with Gasteiger partial charge in [0.1, 0.15) is 5.78 Å². The number of rotatable bonds is 4. The Kier molecular flexibility index (Phi) is 3.95. The van der Waals surface area contributed by atoms with Crippen molar-refractivity contribution in [2.24, 2.45) is 0 Å². The Morgan fingerprint density at radius 2 is 2.06 bits per heavy atom. The molecule has 2 heteroatoms. The largest absolute Gasteiger partial charge is 0.378 e. The van der Waals surface area contributed by atoms with Crippen LogP contribution < -0.4 is 0 Å². The molecule has 1 aliphatic heterocycles. The average Bonchev–Trinajstić information content (AvgIpc) is 2.76. The molecule has 0 radical (unpaired) electrons. The molecular weight excluding hydrogens is 212 g/mol. The molecule has 1 heterocycles. The van der Waals surface area contributed by atoms with Gasteiger partial charge in [-0.25, -0.2) is 0 Å². The third-order valence-electron chi connectivity index (χ3n) is 3.50. The summed E-state index contributed by atoms with van der Waals surface area (Å²) in [5.41, 5.74) is 3.62. The molecule has 2 rings (SSSR count). The van der Waals surface area contributed by atoms with Crippen molar-refractivity contribution >= 4 is 5.78 Å². The van der Waals surface area contributed by atoms with Crippen molar-refractivity contribution in [3.05, 3.63) is 34.9 Å². The highest BCUT2D eigenvalue weighted by atomic mass is 16.5. The lowest BCUT2D eigenvalue weighted by Crippen LogP contribution is -2.15. The maximum atomic E-state index is 12.0. The predicted molar refractivity (Wildman–Crippen MR) is 68.2 cm³/mol. The van der Waals surface area contributed by atoms with Gasteiger partial charge in [-0.3, -0.25) is 4.79 Å². The van der Waals surface area contributed by atoms with Gasteiger partial charge < -0.3 is 4.74 Å². The predicted octanol–water partition coefficient (Wildman–Crippen LogP) is 2.98. The third-order valence-corrected chi connectivity index (χ3v) is 3.50. The second-order valence-corrected chi connectivity index (χ2v) is 4.92. The van der Waals surface area contributed by atoms with Crippen molar-refractivity contribution in [2.75, 3.05) is 6.61 Å². The normalized spacial score (nSPS) is 19.5. The van der Waals surface area contributed by atoms with Crippen LogP contribution in [-0.4, -0.2) is 18.5 Å². The highest BCUT2D eigenvalue weighted by Gasteiger charge is 2.19. The highest BCUT2D eigenvalue weighted by molar-refractivity contribution is 5.82. The Labute approximate surface area is 103 Å². The molecule has 0 amide bonds. The second-order valence-electron chi connectivity index (χ2n) is 4.92. The van der Waals surface area contributed by atoms with Crippen LogP contribution in [0.4, 0.5) is 0 Å². The molecule has 0 aliphatic carbocycles. The van der Waals surface area contributed by atoms with Crippen LogP contribution in [0.1, 0.15) is 36.0 Å². The third kappa shape index (κ3) is 3.16. The average molecular weight is 232 g/mol. The van der Waals surface area contributed by atoms with E-state index < -0.39 is 0 Å². The Balaban J connectivity index is 1.97. The van der Waals surface area contributed by atoms with Crippen LogP contribution in [0, 0.1) is 13.8 Å². The van der Waals surface area contributed by atoms with Crippen molar-refractivity contribution in [3.8, 4) is 0 Å². The minimum atomic E-state index is 0.173. The van der Waals surface area contributed by atoms with E-state index in [1.807, 2.05) is 6.07 Å². The molecular formula is C15H20O2. The molecule has 0 aromatic heterocycles. The number of aryl methyl sites for hydroxylation is 2. The highest BCUT2D eigenvalue weighted by Crippen LogP contribution is 2.19. The first kappa shape index (κ1) is 12.3. The number of Topliss-reactive ketones (excluding diaryl/α,β-unsaturated/α-hetero) is 1. The van der Waals surface area contributed by atoms with Crippen molar-refractivity contribution < 1.29 is 9.53 Å². The number of carbonyl (C=O) groups is 1. The minimum absolute atomic E-state index is 0.173. The number of ether oxygens (including phenoxy) is 1. The standard InChI is InChI=1S/C15H20O2/c1-11-5-3-6-12(2)15(11)10-13(16)9-14-7-4-8-17-14/h3,5-6,14H,4,7-10H2,1-2H3. The molecule has 2 nitrogen and oxygen atoms in total. The fraction of sp³-hybridized carbons (Fsp3) is 0.533. The Morgan fingerprint density at radius 1 is 1.35 bits per heavy atom. The summed E-state index contributed by atoms with van der Waals surface area (Å²) < 4.78 is 5.50. The van der Waals surface area contributed by atoms with Gasteiger partial charge in [-0.05, 0) is 43.4 Å². The molecule has 1 saturated heterocycles. The van der Waals surface area contributed by atoms with Gasteiger partial charge in [-0.1, -0.05) is 18.2 Å². The zero-order valence-corrected chi connectivity index (χ0v) is 10.7. The molecule has 17 heavy (non-hydrogen) atoms. The summed E-state index contributed by atoms with van der Waals surface area (Å²) >= 11 is 0. The Bertz CT molecular complexity index is 383. The van der Waals surface area contributed by atoms with E-state index >= 15 is 0 Å². The molecule has 1 aliphatic rings. The first-order chi connectivity index (χ1) is 8.16. The summed E-state index contributed by atoms with van der Waals surface area (Å²) in [5.74, 6) is 0.300. The van der Waals surface area contributed by atoms with Gasteiger partial charge in [0.2, 0.25) is 0 Å². The van der Waals surface area contributed by atoms with Crippen LogP contribution >= 0.6 is 0 Å². The van der Waals surface area contributed by atoms with Crippen LogP contribution in [0.15, 0.2) is 18.2 Å². The summed E-state index contributed by atoms with van der Waals surface area (Å²) in [5, 5.41) is 0. The minimum Gasteiger partial charge on any atom is -0.378 e. The van der Waals surface area contributed by atoms with Crippen molar-refractivity contribution in [1.82, 2.24) is 0 Å². The topological polar surface area (TPSA) is 26.3 Å². The molecule has 1 fully saturated rings. The van der Waals surface area contributed by atoms with Gasteiger partial charge in [-0.15, -0.1) is 0 Å². The Hall–Kier alpha value is -1.15. The van der Waals surface area contributed by atoms with Gasteiger partial charge in [0.15, 0.2) is 0 Å². The fourth-order valence-electron chi connectivity index (χ4n) is 2.46. The van der Waals surface area contributed by atoms with E-state index in [4.69, 9.17) is 4.74 Å². The van der Waals surface area contributed by atoms with E-state index in [2.05, 4.69) is 26.0 Å². The van der Waals surface area contributed by atoms with Gasteiger partial charge in [0, 0.05) is 19.4 Å². The number of carbonyl (C=O) groups excluding carboxylic acids is 1. The van der Waals surface area contributed by atoms with E-state index in [-0.39, 0.29) is 6.10 Å². The van der Waals surface area contributed by atoms with Crippen molar-refractivity contribution in [1.29, 1.82) is 0 Å². The smallest absolute Gasteiger partial charge is 0.139 e.